The van der Waals surface area contributed by atoms with Gasteiger partial charge in [0.2, 0.25) is 16.2 Å². The van der Waals surface area contributed by atoms with E-state index in [1.807, 2.05) is 36.6 Å². The highest BCUT2D eigenvalue weighted by Gasteiger charge is 2.14. The molecule has 0 aliphatic carbocycles. The van der Waals surface area contributed by atoms with Crippen molar-refractivity contribution in [2.45, 2.75) is 5.16 Å². The summed E-state index contributed by atoms with van der Waals surface area (Å²) >= 11 is 11.9. The van der Waals surface area contributed by atoms with Crippen LogP contribution in [0.15, 0.2) is 35.5 Å². The van der Waals surface area contributed by atoms with Gasteiger partial charge in [-0.3, -0.25) is 10.4 Å². The van der Waals surface area contributed by atoms with Gasteiger partial charge in [-0.2, -0.15) is 9.67 Å². The van der Waals surface area contributed by atoms with Gasteiger partial charge in [-0.25, -0.2) is 0 Å². The SMILES string of the molecule is CSc1nc(N)n(C(=S)N(C)NC(=S)Nc2ccccc2)n1. The molecule has 7 nitrogen and oxygen atoms in total. The van der Waals surface area contributed by atoms with E-state index in [1.165, 1.54) is 16.4 Å². The predicted octanol–water partition coefficient (Wildman–Crippen LogP) is 1.55. The summed E-state index contributed by atoms with van der Waals surface area (Å²) in [5.41, 5.74) is 9.62. The molecule has 0 atom stereocenters. The molecule has 0 spiro atoms. The zero-order valence-corrected chi connectivity index (χ0v) is 14.4. The van der Waals surface area contributed by atoms with Gasteiger partial charge in [0.25, 0.3) is 0 Å². The van der Waals surface area contributed by atoms with E-state index < -0.39 is 0 Å². The quantitative estimate of drug-likeness (QED) is 0.423. The first kappa shape index (κ1) is 16.5. The number of nitrogens with one attached hydrogen (secondary N) is 2. The first-order chi connectivity index (χ1) is 10.5. The molecule has 0 aliphatic heterocycles. The van der Waals surface area contributed by atoms with Crippen molar-refractivity contribution >= 4 is 58.1 Å². The number of thioether (sulfide) groups is 1. The van der Waals surface area contributed by atoms with Crippen LogP contribution in [0.5, 0.6) is 0 Å². The van der Waals surface area contributed by atoms with Crippen molar-refractivity contribution in [2.75, 3.05) is 24.4 Å². The molecular formula is C12H15N7S3. The standard InChI is InChI=1S/C12H15N7S3/c1-18(12(21)19-9(13)15-11(17-19)22-2)16-10(20)14-8-6-4-3-5-7-8/h3-7H,1-2H3,(H2,13,15,17)(H2,14,16,20). The number of hydrogen-bond acceptors (Lipinski definition) is 6. The van der Waals surface area contributed by atoms with Crippen molar-refractivity contribution in [3.05, 3.63) is 30.3 Å². The van der Waals surface area contributed by atoms with Crippen LogP contribution < -0.4 is 16.5 Å². The summed E-state index contributed by atoms with van der Waals surface area (Å²) in [6.45, 7) is 0. The van der Waals surface area contributed by atoms with Crippen LogP contribution in [-0.4, -0.2) is 43.3 Å². The maximum absolute atomic E-state index is 5.80. The van der Waals surface area contributed by atoms with Crippen molar-refractivity contribution < 1.29 is 0 Å². The highest BCUT2D eigenvalue weighted by molar-refractivity contribution is 7.98. The van der Waals surface area contributed by atoms with E-state index in [2.05, 4.69) is 20.8 Å². The number of thiocarbonyl (C=S) groups is 2. The van der Waals surface area contributed by atoms with Crippen molar-refractivity contribution in [3.8, 4) is 0 Å². The highest BCUT2D eigenvalue weighted by Crippen LogP contribution is 2.11. The minimum absolute atomic E-state index is 0.227. The number of aromatic nitrogens is 3. The van der Waals surface area contributed by atoms with Crippen molar-refractivity contribution in [1.29, 1.82) is 0 Å². The Morgan fingerprint density at radius 3 is 2.59 bits per heavy atom. The molecule has 2 aromatic rings. The number of hydrogen-bond donors (Lipinski definition) is 3. The monoisotopic (exact) mass is 353 g/mol. The largest absolute Gasteiger partial charge is 0.368 e. The van der Waals surface area contributed by atoms with Gasteiger partial charge in [0, 0.05) is 12.7 Å². The van der Waals surface area contributed by atoms with Crippen LogP contribution in [0.1, 0.15) is 0 Å². The Morgan fingerprint density at radius 2 is 2.00 bits per heavy atom. The molecule has 0 unspecified atom stereocenters. The molecule has 1 heterocycles. The lowest BCUT2D eigenvalue weighted by atomic mass is 10.3. The number of anilines is 2. The van der Waals surface area contributed by atoms with Crippen molar-refractivity contribution in [1.82, 2.24) is 25.2 Å². The summed E-state index contributed by atoms with van der Waals surface area (Å²) in [5, 5.41) is 10.1. The van der Waals surface area contributed by atoms with Crippen LogP contribution in [0.25, 0.3) is 0 Å². The topological polar surface area (TPSA) is 84.0 Å². The second kappa shape index (κ2) is 7.38. The Bertz CT molecular complexity index is 671. The minimum Gasteiger partial charge on any atom is -0.368 e. The molecule has 0 amide bonds. The van der Waals surface area contributed by atoms with E-state index in [0.29, 0.717) is 15.4 Å². The average Bonchev–Trinajstić information content (AvgIpc) is 2.88. The molecule has 116 valence electrons. The Hall–Kier alpha value is -1.91. The Morgan fingerprint density at radius 1 is 1.32 bits per heavy atom. The maximum Gasteiger partial charge on any atom is 0.226 e. The fraction of sp³-hybridized carbons (Fsp3) is 0.167. The lowest BCUT2D eigenvalue weighted by Crippen LogP contribution is -2.47. The van der Waals surface area contributed by atoms with Gasteiger partial charge in [-0.05, 0) is 42.8 Å². The van der Waals surface area contributed by atoms with Gasteiger partial charge in [0.1, 0.15) is 0 Å². The zero-order chi connectivity index (χ0) is 16.1. The van der Waals surface area contributed by atoms with Gasteiger partial charge in [0.15, 0.2) is 5.11 Å². The maximum atomic E-state index is 5.80. The molecule has 0 fully saturated rings. The fourth-order valence-electron chi connectivity index (χ4n) is 1.55. The number of benzene rings is 1. The zero-order valence-electron chi connectivity index (χ0n) is 12.0. The van der Waals surface area contributed by atoms with Gasteiger partial charge < -0.3 is 11.1 Å². The normalized spacial score (nSPS) is 10.1. The van der Waals surface area contributed by atoms with Gasteiger partial charge in [-0.15, -0.1) is 5.10 Å². The third-order valence-corrected chi connectivity index (χ3v) is 3.74. The summed E-state index contributed by atoms with van der Waals surface area (Å²) in [7, 11) is 1.72. The van der Waals surface area contributed by atoms with E-state index in [1.54, 1.807) is 12.1 Å². The number of nitrogens with zero attached hydrogens (tertiary/aromatic N) is 4. The number of rotatable bonds is 2. The number of nitrogens with two attached hydrogens (primary N) is 1. The molecule has 4 N–H and O–H groups in total. The highest BCUT2D eigenvalue weighted by atomic mass is 32.2. The Kier molecular flexibility index (Phi) is 5.52. The second-order valence-corrected chi connectivity index (χ2v) is 5.69. The van der Waals surface area contributed by atoms with E-state index in [-0.39, 0.29) is 5.95 Å². The summed E-state index contributed by atoms with van der Waals surface area (Å²) in [6.07, 6.45) is 1.86. The lowest BCUT2D eigenvalue weighted by molar-refractivity contribution is 0.449. The molecule has 0 aliphatic rings. The average molecular weight is 354 g/mol. The predicted molar refractivity (Wildman–Crippen MR) is 97.8 cm³/mol. The third-order valence-electron chi connectivity index (χ3n) is 2.56. The number of hydrazine groups is 1. The Balaban J connectivity index is 1.98. The summed E-state index contributed by atoms with van der Waals surface area (Å²) in [6, 6.07) is 9.58. The summed E-state index contributed by atoms with van der Waals surface area (Å²) < 4.78 is 1.37. The van der Waals surface area contributed by atoms with Gasteiger partial charge >= 0.3 is 0 Å². The van der Waals surface area contributed by atoms with Gasteiger partial charge in [0.05, 0.1) is 0 Å². The molecule has 22 heavy (non-hydrogen) atoms. The molecular weight excluding hydrogens is 338 g/mol. The smallest absolute Gasteiger partial charge is 0.226 e. The first-order valence-corrected chi connectivity index (χ1v) is 8.22. The third kappa shape index (κ3) is 4.06. The number of para-hydroxylation sites is 1. The van der Waals surface area contributed by atoms with Crippen LogP contribution in [0.4, 0.5) is 11.6 Å². The minimum atomic E-state index is 0.227. The van der Waals surface area contributed by atoms with Crippen molar-refractivity contribution in [2.24, 2.45) is 0 Å². The van der Waals surface area contributed by atoms with Crippen LogP contribution >= 0.6 is 36.2 Å². The molecule has 0 radical (unpaired) electrons. The van der Waals surface area contributed by atoms with E-state index >= 15 is 0 Å². The van der Waals surface area contributed by atoms with Crippen LogP contribution in [-0.2, 0) is 0 Å². The molecule has 1 aromatic carbocycles. The van der Waals surface area contributed by atoms with E-state index in [4.69, 9.17) is 30.2 Å². The van der Waals surface area contributed by atoms with E-state index in [0.717, 1.165) is 5.69 Å². The molecule has 0 bridgehead atoms. The van der Waals surface area contributed by atoms with E-state index in [9.17, 15) is 0 Å². The Labute approximate surface area is 143 Å². The number of nitrogen functional groups attached to an aromatic ring is 1. The second-order valence-electron chi connectivity index (χ2n) is 4.14. The summed E-state index contributed by atoms with van der Waals surface area (Å²) in [5.74, 6) is 0.227. The first-order valence-electron chi connectivity index (χ1n) is 6.18. The molecule has 10 heteroatoms. The van der Waals surface area contributed by atoms with Crippen LogP contribution in [0.3, 0.4) is 0 Å². The van der Waals surface area contributed by atoms with Crippen LogP contribution in [0, 0.1) is 0 Å². The molecule has 0 saturated carbocycles. The van der Waals surface area contributed by atoms with Crippen LogP contribution in [0.2, 0.25) is 0 Å². The summed E-state index contributed by atoms with van der Waals surface area (Å²) in [4.78, 5) is 4.08. The molecule has 2 rings (SSSR count). The molecule has 1 aromatic heterocycles. The molecule has 0 saturated heterocycles. The lowest BCUT2D eigenvalue weighted by Gasteiger charge is -2.22. The van der Waals surface area contributed by atoms with Gasteiger partial charge in [-0.1, -0.05) is 30.0 Å². The van der Waals surface area contributed by atoms with Crippen molar-refractivity contribution in [3.63, 3.8) is 0 Å². The fourth-order valence-corrected chi connectivity index (χ4v) is 2.34.